The van der Waals surface area contributed by atoms with Crippen LogP contribution >= 0.6 is 15.9 Å². The number of carbonyl (C=O) groups excluding carboxylic acids is 1. The van der Waals surface area contributed by atoms with Crippen LogP contribution in [0.3, 0.4) is 0 Å². The first kappa shape index (κ1) is 17.5. The summed E-state index contributed by atoms with van der Waals surface area (Å²) in [6.07, 6.45) is 5.33. The average Bonchev–Trinajstić information content (AvgIpc) is 2.53. The highest BCUT2D eigenvalue weighted by Crippen LogP contribution is 2.17. The first-order chi connectivity index (χ1) is 10.7. The van der Waals surface area contributed by atoms with E-state index >= 15 is 0 Å². The molecule has 0 saturated carbocycles. The molecule has 2 unspecified atom stereocenters. The van der Waals surface area contributed by atoms with Gasteiger partial charge < -0.3 is 10.6 Å². The second-order valence-corrected chi connectivity index (χ2v) is 7.15. The van der Waals surface area contributed by atoms with Crippen molar-refractivity contribution in [1.29, 1.82) is 0 Å². The van der Waals surface area contributed by atoms with E-state index in [9.17, 15) is 4.79 Å². The number of hydrogen-bond donors (Lipinski definition) is 2. The van der Waals surface area contributed by atoms with Gasteiger partial charge >= 0.3 is 0 Å². The Labute approximate surface area is 142 Å². The Balaban J connectivity index is 1.76. The predicted octanol–water partition coefficient (Wildman–Crippen LogP) is 3.52. The summed E-state index contributed by atoms with van der Waals surface area (Å²) in [5.41, 5.74) is 1.22. The van der Waals surface area contributed by atoms with Gasteiger partial charge in [-0.1, -0.05) is 35.0 Å². The number of carbonyl (C=O) groups is 1. The lowest BCUT2D eigenvalue weighted by atomic mass is 9.94. The Morgan fingerprint density at radius 1 is 1.50 bits per heavy atom. The lowest BCUT2D eigenvalue weighted by molar-refractivity contribution is -0.125. The van der Waals surface area contributed by atoms with Crippen molar-refractivity contribution in [3.05, 3.63) is 34.3 Å². The molecule has 1 amide bonds. The Hall–Kier alpha value is -0.870. The van der Waals surface area contributed by atoms with Gasteiger partial charge in [0.15, 0.2) is 0 Å². The van der Waals surface area contributed by atoms with Crippen LogP contribution in [0.15, 0.2) is 28.7 Å². The molecule has 2 N–H and O–H groups in total. The van der Waals surface area contributed by atoms with Crippen molar-refractivity contribution in [3.8, 4) is 0 Å². The van der Waals surface area contributed by atoms with Crippen molar-refractivity contribution >= 4 is 21.8 Å². The summed E-state index contributed by atoms with van der Waals surface area (Å²) in [7, 11) is 0. The molecule has 0 bridgehead atoms. The summed E-state index contributed by atoms with van der Waals surface area (Å²) < 4.78 is 1.07. The van der Waals surface area contributed by atoms with Crippen LogP contribution in [0, 0.1) is 11.8 Å². The lowest BCUT2D eigenvalue weighted by Gasteiger charge is -2.23. The number of nitrogens with one attached hydrogen (secondary N) is 2. The molecule has 0 radical (unpaired) electrons. The Kier molecular flexibility index (Phi) is 7.40. The normalized spacial score (nSPS) is 19.6. The van der Waals surface area contributed by atoms with Crippen molar-refractivity contribution in [1.82, 2.24) is 10.6 Å². The first-order valence-corrected chi connectivity index (χ1v) is 9.21. The topological polar surface area (TPSA) is 41.1 Å². The molecule has 1 fully saturated rings. The van der Waals surface area contributed by atoms with Gasteiger partial charge in [-0.25, -0.2) is 0 Å². The SMILES string of the molecule is CCC(Cc1cccc(Br)c1)C(=O)NCCC1CCCNC1. The third kappa shape index (κ3) is 5.73. The molecule has 1 aliphatic heterocycles. The number of benzene rings is 1. The summed E-state index contributed by atoms with van der Waals surface area (Å²) in [6, 6.07) is 8.24. The first-order valence-electron chi connectivity index (χ1n) is 8.42. The second-order valence-electron chi connectivity index (χ2n) is 6.23. The van der Waals surface area contributed by atoms with E-state index in [4.69, 9.17) is 0 Å². The minimum Gasteiger partial charge on any atom is -0.356 e. The zero-order chi connectivity index (χ0) is 15.8. The number of amides is 1. The quantitative estimate of drug-likeness (QED) is 0.774. The fourth-order valence-electron chi connectivity index (χ4n) is 3.09. The van der Waals surface area contributed by atoms with Gasteiger partial charge in [-0.15, -0.1) is 0 Å². The number of halogens is 1. The zero-order valence-corrected chi connectivity index (χ0v) is 15.0. The van der Waals surface area contributed by atoms with Crippen LogP contribution in [0.5, 0.6) is 0 Å². The molecule has 1 aliphatic rings. The molecule has 3 nitrogen and oxygen atoms in total. The summed E-state index contributed by atoms with van der Waals surface area (Å²) in [6.45, 7) is 5.14. The molecule has 2 atom stereocenters. The summed E-state index contributed by atoms with van der Waals surface area (Å²) in [4.78, 5) is 12.4. The molecule has 1 aromatic rings. The molecular formula is C18H27BrN2O. The monoisotopic (exact) mass is 366 g/mol. The van der Waals surface area contributed by atoms with Gasteiger partial charge in [0.1, 0.15) is 0 Å². The molecule has 0 aromatic heterocycles. The molecule has 22 heavy (non-hydrogen) atoms. The van der Waals surface area contributed by atoms with Crippen molar-refractivity contribution in [3.63, 3.8) is 0 Å². The molecule has 0 spiro atoms. The molecule has 4 heteroatoms. The molecular weight excluding hydrogens is 340 g/mol. The third-order valence-electron chi connectivity index (χ3n) is 4.49. The van der Waals surface area contributed by atoms with E-state index in [1.54, 1.807) is 0 Å². The van der Waals surface area contributed by atoms with E-state index < -0.39 is 0 Å². The van der Waals surface area contributed by atoms with Crippen LogP contribution in [0.1, 0.15) is 38.2 Å². The number of piperidine rings is 1. The zero-order valence-electron chi connectivity index (χ0n) is 13.4. The van der Waals surface area contributed by atoms with Gasteiger partial charge in [-0.2, -0.15) is 0 Å². The van der Waals surface area contributed by atoms with Gasteiger partial charge in [0.25, 0.3) is 0 Å². The minimum atomic E-state index is 0.0683. The standard InChI is InChI=1S/C18H27BrN2O/c1-2-16(11-15-5-3-7-17(19)12-15)18(22)21-10-8-14-6-4-9-20-13-14/h3,5,7,12,14,16,20H,2,4,6,8-11,13H2,1H3,(H,21,22). The Bertz CT molecular complexity index is 472. The van der Waals surface area contributed by atoms with Gasteiger partial charge in [0.05, 0.1) is 0 Å². The molecule has 1 aromatic carbocycles. The van der Waals surface area contributed by atoms with Gasteiger partial charge in [0.2, 0.25) is 5.91 Å². The highest BCUT2D eigenvalue weighted by atomic mass is 79.9. The average molecular weight is 367 g/mol. The largest absolute Gasteiger partial charge is 0.356 e. The van der Waals surface area contributed by atoms with E-state index in [1.807, 2.05) is 12.1 Å². The van der Waals surface area contributed by atoms with Crippen molar-refractivity contribution in [2.45, 2.75) is 39.0 Å². The van der Waals surface area contributed by atoms with Crippen LogP contribution in [0.2, 0.25) is 0 Å². The molecule has 1 saturated heterocycles. The molecule has 122 valence electrons. The van der Waals surface area contributed by atoms with Gasteiger partial charge in [-0.3, -0.25) is 4.79 Å². The highest BCUT2D eigenvalue weighted by Gasteiger charge is 2.18. The van der Waals surface area contributed by atoms with Crippen LogP contribution in [-0.4, -0.2) is 25.5 Å². The van der Waals surface area contributed by atoms with Crippen molar-refractivity contribution < 1.29 is 4.79 Å². The third-order valence-corrected chi connectivity index (χ3v) is 4.98. The maximum Gasteiger partial charge on any atom is 0.223 e. The van der Waals surface area contributed by atoms with Crippen LogP contribution in [0.4, 0.5) is 0 Å². The lowest BCUT2D eigenvalue weighted by Crippen LogP contribution is -2.35. The van der Waals surface area contributed by atoms with Crippen molar-refractivity contribution in [2.24, 2.45) is 11.8 Å². The summed E-state index contributed by atoms with van der Waals surface area (Å²) in [5.74, 6) is 0.990. The van der Waals surface area contributed by atoms with E-state index in [-0.39, 0.29) is 11.8 Å². The van der Waals surface area contributed by atoms with Crippen LogP contribution in [0.25, 0.3) is 0 Å². The number of rotatable bonds is 7. The Morgan fingerprint density at radius 2 is 2.36 bits per heavy atom. The molecule has 2 rings (SSSR count). The van der Waals surface area contributed by atoms with Crippen LogP contribution < -0.4 is 10.6 Å². The maximum absolute atomic E-state index is 12.4. The smallest absolute Gasteiger partial charge is 0.223 e. The van der Waals surface area contributed by atoms with Gasteiger partial charge in [0, 0.05) is 16.9 Å². The Morgan fingerprint density at radius 3 is 3.05 bits per heavy atom. The van der Waals surface area contributed by atoms with E-state index in [0.29, 0.717) is 0 Å². The molecule has 1 heterocycles. The van der Waals surface area contributed by atoms with Crippen LogP contribution in [-0.2, 0) is 11.2 Å². The highest BCUT2D eigenvalue weighted by molar-refractivity contribution is 9.10. The summed E-state index contributed by atoms with van der Waals surface area (Å²) in [5, 5.41) is 6.57. The fraction of sp³-hybridized carbons (Fsp3) is 0.611. The van der Waals surface area contributed by atoms with E-state index in [2.05, 4.69) is 45.6 Å². The number of hydrogen-bond acceptors (Lipinski definition) is 2. The van der Waals surface area contributed by atoms with Gasteiger partial charge in [-0.05, 0) is 68.8 Å². The van der Waals surface area contributed by atoms with E-state index in [1.165, 1.54) is 18.4 Å². The second kappa shape index (κ2) is 9.31. The van der Waals surface area contributed by atoms with Crippen molar-refractivity contribution in [2.75, 3.05) is 19.6 Å². The molecule has 0 aliphatic carbocycles. The maximum atomic E-state index is 12.4. The minimum absolute atomic E-state index is 0.0683. The van der Waals surface area contributed by atoms with E-state index in [0.717, 1.165) is 49.3 Å². The predicted molar refractivity (Wildman–Crippen MR) is 94.8 cm³/mol. The summed E-state index contributed by atoms with van der Waals surface area (Å²) >= 11 is 3.49. The fourth-order valence-corrected chi connectivity index (χ4v) is 3.53.